The number of aromatic amines is 2. The van der Waals surface area contributed by atoms with Gasteiger partial charge in [-0.25, -0.2) is 0 Å². The Morgan fingerprint density at radius 2 is 1.10 bits per heavy atom. The molecule has 4 rings (SSSR count). The summed E-state index contributed by atoms with van der Waals surface area (Å²) >= 11 is 6.43. The highest BCUT2D eigenvalue weighted by molar-refractivity contribution is 9.10. The fourth-order valence-corrected chi connectivity index (χ4v) is 4.30. The molecule has 0 unspecified atom stereocenters. The summed E-state index contributed by atoms with van der Waals surface area (Å²) in [5.74, 6) is 0. The summed E-state index contributed by atoms with van der Waals surface area (Å²) in [6, 6.07) is 8.78. The van der Waals surface area contributed by atoms with Gasteiger partial charge in [-0.3, -0.25) is 29.8 Å². The zero-order valence-corrected chi connectivity index (χ0v) is 18.4. The first kappa shape index (κ1) is 20.9. The summed E-state index contributed by atoms with van der Waals surface area (Å²) in [5.41, 5.74) is -1.07. The third kappa shape index (κ3) is 3.86. The number of nitrogens with one attached hydrogen (secondary N) is 2. The SMILES string of the molecule is O=c1[nH]c2c([N+](=O)[O-])cc(Br)cc2cc1Cc1cc2cc(Br)cc([N+](=O)[O-])c2[nH]c1=O. The van der Waals surface area contributed by atoms with E-state index in [1.165, 1.54) is 24.3 Å². The summed E-state index contributed by atoms with van der Waals surface area (Å²) in [6.07, 6.45) is -0.0723. The van der Waals surface area contributed by atoms with Gasteiger partial charge in [-0.15, -0.1) is 0 Å². The van der Waals surface area contributed by atoms with E-state index in [0.717, 1.165) is 0 Å². The Hall–Kier alpha value is -3.38. The van der Waals surface area contributed by atoms with Crippen molar-refractivity contribution < 1.29 is 9.85 Å². The number of aromatic nitrogens is 2. The topological polar surface area (TPSA) is 152 Å². The van der Waals surface area contributed by atoms with E-state index < -0.39 is 21.0 Å². The number of fused-ring (bicyclic) bond motifs is 2. The van der Waals surface area contributed by atoms with Crippen LogP contribution in [0.2, 0.25) is 0 Å². The third-order valence-corrected chi connectivity index (χ3v) is 5.64. The first-order valence-corrected chi connectivity index (χ1v) is 10.2. The van der Waals surface area contributed by atoms with E-state index in [-0.39, 0.29) is 40.0 Å². The average molecular weight is 550 g/mol. The number of halogens is 2. The number of nitro benzene ring substituents is 2. The van der Waals surface area contributed by atoms with Gasteiger partial charge in [0.15, 0.2) is 0 Å². The summed E-state index contributed by atoms with van der Waals surface area (Å²) in [5, 5.41) is 23.4. The molecular weight excluding hydrogens is 540 g/mol. The molecule has 0 saturated heterocycles. The van der Waals surface area contributed by atoms with Gasteiger partial charge in [0.25, 0.3) is 22.5 Å². The largest absolute Gasteiger partial charge is 0.316 e. The first-order chi connectivity index (χ1) is 14.6. The minimum atomic E-state index is -0.596. The zero-order chi connectivity index (χ0) is 22.4. The van der Waals surface area contributed by atoms with Crippen LogP contribution in [0.5, 0.6) is 0 Å². The maximum atomic E-state index is 12.6. The molecule has 0 aliphatic carbocycles. The van der Waals surface area contributed by atoms with E-state index >= 15 is 0 Å². The van der Waals surface area contributed by atoms with Crippen molar-refractivity contribution in [3.8, 4) is 0 Å². The number of pyridine rings is 2. The van der Waals surface area contributed by atoms with Crippen molar-refractivity contribution >= 4 is 65.0 Å². The molecule has 2 N–H and O–H groups in total. The zero-order valence-electron chi connectivity index (χ0n) is 15.3. The van der Waals surface area contributed by atoms with Crippen molar-refractivity contribution in [1.29, 1.82) is 0 Å². The van der Waals surface area contributed by atoms with Crippen molar-refractivity contribution in [2.24, 2.45) is 0 Å². The molecule has 2 aromatic carbocycles. The van der Waals surface area contributed by atoms with Gasteiger partial charge in [-0.2, -0.15) is 0 Å². The molecule has 0 saturated carbocycles. The molecule has 31 heavy (non-hydrogen) atoms. The lowest BCUT2D eigenvalue weighted by molar-refractivity contribution is -0.383. The highest BCUT2D eigenvalue weighted by Crippen LogP contribution is 2.30. The van der Waals surface area contributed by atoms with Crippen LogP contribution in [0, 0.1) is 20.2 Å². The molecule has 0 fully saturated rings. The van der Waals surface area contributed by atoms with E-state index in [2.05, 4.69) is 41.8 Å². The quantitative estimate of drug-likeness (QED) is 0.286. The van der Waals surface area contributed by atoms with Gasteiger partial charge in [-0.1, -0.05) is 31.9 Å². The van der Waals surface area contributed by atoms with Gasteiger partial charge in [0.2, 0.25) is 0 Å². The molecule has 10 nitrogen and oxygen atoms in total. The maximum absolute atomic E-state index is 12.6. The van der Waals surface area contributed by atoms with Crippen LogP contribution >= 0.6 is 31.9 Å². The minimum absolute atomic E-state index is 0.0723. The maximum Gasteiger partial charge on any atom is 0.294 e. The number of H-pyrrole nitrogens is 2. The van der Waals surface area contributed by atoms with Crippen LogP contribution in [0.3, 0.4) is 0 Å². The molecule has 0 amide bonds. The molecule has 0 spiro atoms. The Morgan fingerprint density at radius 1 is 0.710 bits per heavy atom. The number of rotatable bonds is 4. The molecule has 156 valence electrons. The van der Waals surface area contributed by atoms with Crippen molar-refractivity contribution in [2.45, 2.75) is 6.42 Å². The standard InChI is InChI=1S/C19H10Br2N4O6/c20-12-4-8-1-10(18(26)22-16(8)14(6-12)24(28)29)3-11-2-9-5-13(21)7-15(25(30)31)17(9)23-19(11)27/h1-2,4-7H,3H2,(H,22,26)(H,23,27). The second-order valence-electron chi connectivity index (χ2n) is 6.72. The normalized spacial score (nSPS) is 11.2. The number of nitro groups is 2. The molecule has 4 aromatic rings. The van der Waals surface area contributed by atoms with Gasteiger partial charge in [0, 0.05) is 49.4 Å². The van der Waals surface area contributed by atoms with Gasteiger partial charge in [-0.05, 0) is 24.3 Å². The predicted molar refractivity (Wildman–Crippen MR) is 121 cm³/mol. The Kier molecular flexibility index (Phi) is 5.19. The average Bonchev–Trinajstić information content (AvgIpc) is 2.68. The van der Waals surface area contributed by atoms with Crippen LogP contribution in [0.15, 0.2) is 54.9 Å². The van der Waals surface area contributed by atoms with Crippen molar-refractivity contribution in [3.63, 3.8) is 0 Å². The lowest BCUT2D eigenvalue weighted by Gasteiger charge is -2.07. The number of non-ortho nitro benzene ring substituents is 2. The Labute approximate surface area is 188 Å². The highest BCUT2D eigenvalue weighted by Gasteiger charge is 2.19. The fourth-order valence-electron chi connectivity index (χ4n) is 3.38. The van der Waals surface area contributed by atoms with E-state index in [1.807, 2.05) is 0 Å². The second-order valence-corrected chi connectivity index (χ2v) is 8.55. The molecule has 0 atom stereocenters. The van der Waals surface area contributed by atoms with Gasteiger partial charge in [0.1, 0.15) is 11.0 Å². The lowest BCUT2D eigenvalue weighted by Crippen LogP contribution is -2.18. The predicted octanol–water partition coefficient (Wildman–Crippen LogP) is 4.30. The van der Waals surface area contributed by atoms with E-state index in [4.69, 9.17) is 0 Å². The number of benzene rings is 2. The highest BCUT2D eigenvalue weighted by atomic mass is 79.9. The van der Waals surface area contributed by atoms with Crippen molar-refractivity contribution in [3.05, 3.63) is 97.4 Å². The van der Waals surface area contributed by atoms with Gasteiger partial charge >= 0.3 is 0 Å². The van der Waals surface area contributed by atoms with Gasteiger partial charge in [0.05, 0.1) is 9.85 Å². The second kappa shape index (κ2) is 7.71. The number of hydrogen-bond donors (Lipinski definition) is 2. The fraction of sp³-hybridized carbons (Fsp3) is 0.0526. The summed E-state index contributed by atoms with van der Waals surface area (Å²) < 4.78 is 0.927. The molecule has 0 aliphatic rings. The van der Waals surface area contributed by atoms with Crippen LogP contribution in [0.1, 0.15) is 11.1 Å². The third-order valence-electron chi connectivity index (χ3n) is 4.72. The van der Waals surface area contributed by atoms with Crippen molar-refractivity contribution in [2.75, 3.05) is 0 Å². The van der Waals surface area contributed by atoms with Crippen LogP contribution in [0.25, 0.3) is 21.8 Å². The molecule has 0 radical (unpaired) electrons. The molecule has 2 heterocycles. The molecule has 0 aliphatic heterocycles. The monoisotopic (exact) mass is 548 g/mol. The van der Waals surface area contributed by atoms with Crippen LogP contribution in [-0.4, -0.2) is 19.8 Å². The van der Waals surface area contributed by atoms with E-state index in [9.17, 15) is 29.8 Å². The van der Waals surface area contributed by atoms with Crippen LogP contribution < -0.4 is 11.1 Å². The molecular formula is C19H10Br2N4O6. The van der Waals surface area contributed by atoms with Crippen LogP contribution in [0.4, 0.5) is 11.4 Å². The van der Waals surface area contributed by atoms with Crippen LogP contribution in [-0.2, 0) is 6.42 Å². The van der Waals surface area contributed by atoms with Gasteiger partial charge < -0.3 is 9.97 Å². The lowest BCUT2D eigenvalue weighted by atomic mass is 10.0. The molecule has 0 bridgehead atoms. The Balaban J connectivity index is 1.87. The Bertz CT molecular complexity index is 1430. The Morgan fingerprint density at radius 3 is 1.45 bits per heavy atom. The minimum Gasteiger partial charge on any atom is -0.316 e. The summed E-state index contributed by atoms with van der Waals surface area (Å²) in [6.45, 7) is 0. The smallest absolute Gasteiger partial charge is 0.294 e. The summed E-state index contributed by atoms with van der Waals surface area (Å²) in [7, 11) is 0. The van der Waals surface area contributed by atoms with E-state index in [1.54, 1.807) is 12.1 Å². The first-order valence-electron chi connectivity index (χ1n) is 8.63. The molecule has 12 heteroatoms. The van der Waals surface area contributed by atoms with E-state index in [0.29, 0.717) is 19.7 Å². The molecule has 2 aromatic heterocycles. The number of hydrogen-bond acceptors (Lipinski definition) is 6. The number of nitrogens with zero attached hydrogens (tertiary/aromatic N) is 2. The summed E-state index contributed by atoms with van der Waals surface area (Å²) in [4.78, 5) is 51.6. The van der Waals surface area contributed by atoms with Crippen molar-refractivity contribution in [1.82, 2.24) is 9.97 Å².